The van der Waals surface area contributed by atoms with Gasteiger partial charge in [0.15, 0.2) is 0 Å². The summed E-state index contributed by atoms with van der Waals surface area (Å²) in [5.74, 6) is -1.55. The Morgan fingerprint density at radius 2 is 1.73 bits per heavy atom. The van der Waals surface area contributed by atoms with Gasteiger partial charge < -0.3 is 14.8 Å². The minimum Gasteiger partial charge on any atom is -0.495 e. The largest absolute Gasteiger partial charge is 0.495 e. The summed E-state index contributed by atoms with van der Waals surface area (Å²) in [4.78, 5) is 12.8. The van der Waals surface area contributed by atoms with Crippen molar-refractivity contribution in [3.05, 3.63) is 53.8 Å². The predicted octanol–water partition coefficient (Wildman–Crippen LogP) is 1.57. The van der Waals surface area contributed by atoms with Gasteiger partial charge in [-0.3, -0.25) is 4.79 Å². The topological polar surface area (TPSA) is 122 Å². The molecule has 2 aliphatic rings. The molecule has 0 unspecified atom stereocenters. The van der Waals surface area contributed by atoms with Crippen LogP contribution in [-0.4, -0.2) is 77.9 Å². The molecular formula is C24H30FN3O7S2. The molecule has 1 atom stereocenters. The number of piperidine rings is 1. The number of hydrogen-bond donors (Lipinski definition) is 1. The number of morpholine rings is 1. The van der Waals surface area contributed by atoms with E-state index in [2.05, 4.69) is 5.32 Å². The molecule has 0 bridgehead atoms. The average molecular weight is 556 g/mol. The minimum atomic E-state index is -4.07. The molecule has 2 fully saturated rings. The summed E-state index contributed by atoms with van der Waals surface area (Å²) < 4.78 is 78.6. The Morgan fingerprint density at radius 1 is 1.03 bits per heavy atom. The molecule has 2 aromatic rings. The SMILES string of the molecule is COc1ccc(F)cc1S(=O)(=O)N1CCC[C@@H](C(=O)NCc2ccc(S(=O)(=O)N3CCOCC3)cc2)C1. The number of carbonyl (C=O) groups is 1. The summed E-state index contributed by atoms with van der Waals surface area (Å²) in [6.45, 7) is 1.67. The van der Waals surface area contributed by atoms with Crippen LogP contribution in [0.4, 0.5) is 4.39 Å². The molecule has 0 aromatic heterocycles. The first-order valence-corrected chi connectivity index (χ1v) is 14.8. The van der Waals surface area contributed by atoms with Crippen molar-refractivity contribution < 1.29 is 35.5 Å². The zero-order valence-corrected chi connectivity index (χ0v) is 22.1. The average Bonchev–Trinajstić information content (AvgIpc) is 2.92. The van der Waals surface area contributed by atoms with E-state index in [1.807, 2.05) is 0 Å². The van der Waals surface area contributed by atoms with E-state index in [1.165, 1.54) is 33.9 Å². The van der Waals surface area contributed by atoms with Crippen LogP contribution in [0.2, 0.25) is 0 Å². The lowest BCUT2D eigenvalue weighted by Gasteiger charge is -2.31. The van der Waals surface area contributed by atoms with Gasteiger partial charge >= 0.3 is 0 Å². The quantitative estimate of drug-likeness (QED) is 0.525. The summed E-state index contributed by atoms with van der Waals surface area (Å²) in [5, 5.41) is 2.81. The number of rotatable bonds is 8. The smallest absolute Gasteiger partial charge is 0.246 e. The number of nitrogens with one attached hydrogen (secondary N) is 1. The maximum absolute atomic E-state index is 13.8. The van der Waals surface area contributed by atoms with Crippen molar-refractivity contribution in [3.63, 3.8) is 0 Å². The first-order valence-electron chi connectivity index (χ1n) is 11.9. The van der Waals surface area contributed by atoms with Crippen LogP contribution in [0, 0.1) is 11.7 Å². The van der Waals surface area contributed by atoms with Gasteiger partial charge in [0.1, 0.15) is 16.5 Å². The maximum Gasteiger partial charge on any atom is 0.246 e. The van der Waals surface area contributed by atoms with E-state index in [0.29, 0.717) is 44.7 Å². The lowest BCUT2D eigenvalue weighted by atomic mass is 9.99. The van der Waals surface area contributed by atoms with Crippen molar-refractivity contribution in [2.45, 2.75) is 29.2 Å². The minimum absolute atomic E-state index is 0.0343. The molecule has 10 nitrogen and oxygen atoms in total. The number of carbonyl (C=O) groups excluding carboxylic acids is 1. The third-order valence-electron chi connectivity index (χ3n) is 6.50. The second-order valence-electron chi connectivity index (χ2n) is 8.88. The van der Waals surface area contributed by atoms with Gasteiger partial charge in [-0.1, -0.05) is 12.1 Å². The Kier molecular flexibility index (Phi) is 8.49. The number of sulfonamides is 2. The lowest BCUT2D eigenvalue weighted by molar-refractivity contribution is -0.126. The first kappa shape index (κ1) is 27.5. The van der Waals surface area contributed by atoms with Crippen molar-refractivity contribution in [2.24, 2.45) is 5.92 Å². The van der Waals surface area contributed by atoms with E-state index >= 15 is 0 Å². The van der Waals surface area contributed by atoms with Crippen LogP contribution in [-0.2, 0) is 36.1 Å². The number of hydrogen-bond acceptors (Lipinski definition) is 7. The van der Waals surface area contributed by atoms with Crippen molar-refractivity contribution >= 4 is 26.0 Å². The molecule has 0 spiro atoms. The molecule has 2 saturated heterocycles. The molecule has 0 radical (unpaired) electrons. The Hall–Kier alpha value is -2.58. The summed E-state index contributed by atoms with van der Waals surface area (Å²) in [6, 6.07) is 9.59. The summed E-state index contributed by atoms with van der Waals surface area (Å²) in [5.41, 5.74) is 0.707. The molecule has 2 aliphatic heterocycles. The van der Waals surface area contributed by atoms with Crippen LogP contribution < -0.4 is 10.1 Å². The zero-order chi connectivity index (χ0) is 26.6. The standard InChI is InChI=1S/C24H30FN3O7S2/c1-34-22-9-6-20(25)15-23(22)37(32,33)28-10-2-3-19(17-28)24(29)26-16-18-4-7-21(8-5-18)36(30,31)27-11-13-35-14-12-27/h4-9,15,19H,2-3,10-14,16-17H2,1H3,(H,26,29)/t19-/m1/s1. The van der Waals surface area contributed by atoms with Gasteiger partial charge in [-0.25, -0.2) is 21.2 Å². The number of ether oxygens (including phenoxy) is 2. The number of amides is 1. The highest BCUT2D eigenvalue weighted by Gasteiger charge is 2.35. The van der Waals surface area contributed by atoms with Gasteiger partial charge in [-0.15, -0.1) is 0 Å². The van der Waals surface area contributed by atoms with Crippen molar-refractivity contribution in [2.75, 3.05) is 46.5 Å². The Labute approximate surface area is 216 Å². The van der Waals surface area contributed by atoms with Crippen LogP contribution >= 0.6 is 0 Å². The number of benzene rings is 2. The molecule has 0 saturated carbocycles. The molecule has 2 heterocycles. The fourth-order valence-corrected chi connectivity index (χ4v) is 7.51. The summed E-state index contributed by atoms with van der Waals surface area (Å²) >= 11 is 0. The molecule has 0 aliphatic carbocycles. The van der Waals surface area contributed by atoms with Crippen molar-refractivity contribution in [1.82, 2.24) is 13.9 Å². The van der Waals surface area contributed by atoms with E-state index < -0.39 is 31.8 Å². The van der Waals surface area contributed by atoms with Crippen LogP contribution in [0.5, 0.6) is 5.75 Å². The van der Waals surface area contributed by atoms with Gasteiger partial charge in [0.05, 0.1) is 31.1 Å². The normalized spacial score (nSPS) is 19.9. The molecule has 1 N–H and O–H groups in total. The lowest BCUT2D eigenvalue weighted by Crippen LogP contribution is -2.45. The van der Waals surface area contributed by atoms with Crippen molar-refractivity contribution in [3.8, 4) is 5.75 Å². The molecule has 202 valence electrons. The van der Waals surface area contributed by atoms with Crippen LogP contribution in [0.3, 0.4) is 0 Å². The highest BCUT2D eigenvalue weighted by Crippen LogP contribution is 2.30. The second-order valence-corrected chi connectivity index (χ2v) is 12.7. The highest BCUT2D eigenvalue weighted by molar-refractivity contribution is 7.89. The second kappa shape index (κ2) is 11.4. The zero-order valence-electron chi connectivity index (χ0n) is 20.4. The fraction of sp³-hybridized carbons (Fsp3) is 0.458. The van der Waals surface area contributed by atoms with Gasteiger partial charge in [0.2, 0.25) is 26.0 Å². The molecular weight excluding hydrogens is 525 g/mol. The van der Waals surface area contributed by atoms with E-state index in [-0.39, 0.29) is 41.1 Å². The third kappa shape index (κ3) is 6.12. The number of methoxy groups -OCH3 is 1. The predicted molar refractivity (Wildman–Crippen MR) is 132 cm³/mol. The Morgan fingerprint density at radius 3 is 2.41 bits per heavy atom. The van der Waals surface area contributed by atoms with Crippen LogP contribution in [0.1, 0.15) is 18.4 Å². The van der Waals surface area contributed by atoms with Gasteiger partial charge in [-0.2, -0.15) is 8.61 Å². The summed E-state index contributed by atoms with van der Waals surface area (Å²) in [6.07, 6.45) is 0.984. The monoisotopic (exact) mass is 555 g/mol. The maximum atomic E-state index is 13.8. The highest BCUT2D eigenvalue weighted by atomic mass is 32.2. The molecule has 37 heavy (non-hydrogen) atoms. The van der Waals surface area contributed by atoms with Crippen LogP contribution in [0.15, 0.2) is 52.3 Å². The first-order chi connectivity index (χ1) is 17.6. The fourth-order valence-electron chi connectivity index (χ4n) is 4.41. The Balaban J connectivity index is 1.38. The van der Waals surface area contributed by atoms with Crippen molar-refractivity contribution in [1.29, 1.82) is 0 Å². The summed E-state index contributed by atoms with van der Waals surface area (Å²) in [7, 11) is -6.37. The van der Waals surface area contributed by atoms with Crippen LogP contribution in [0.25, 0.3) is 0 Å². The van der Waals surface area contributed by atoms with Gasteiger partial charge in [-0.05, 0) is 48.7 Å². The molecule has 13 heteroatoms. The Bertz CT molecular complexity index is 1330. The number of nitrogens with zero attached hydrogens (tertiary/aromatic N) is 2. The molecule has 2 aromatic carbocycles. The third-order valence-corrected chi connectivity index (χ3v) is 10.3. The van der Waals surface area contributed by atoms with E-state index in [4.69, 9.17) is 9.47 Å². The van der Waals surface area contributed by atoms with E-state index in [1.54, 1.807) is 12.1 Å². The van der Waals surface area contributed by atoms with Gasteiger partial charge in [0, 0.05) is 32.7 Å². The number of halogens is 1. The molecule has 4 rings (SSSR count). The van der Waals surface area contributed by atoms with E-state index in [0.717, 1.165) is 12.1 Å². The molecule has 1 amide bonds. The van der Waals surface area contributed by atoms with E-state index in [9.17, 15) is 26.0 Å². The van der Waals surface area contributed by atoms with Gasteiger partial charge in [0.25, 0.3) is 0 Å².